The van der Waals surface area contributed by atoms with Gasteiger partial charge < -0.3 is 9.40 Å². The molecule has 18 heavy (non-hydrogen) atoms. The monoisotopic (exact) mass is 438 g/mol. The maximum Gasteiger partial charge on any atom is 0.265 e. The Morgan fingerprint density at radius 2 is 2.00 bits per heavy atom. The first-order valence-corrected chi connectivity index (χ1v) is 7.53. The summed E-state index contributed by atoms with van der Waals surface area (Å²) >= 11 is 9.83. The van der Waals surface area contributed by atoms with Crippen LogP contribution >= 0.6 is 47.8 Å². The number of rotatable bonds is 2. The highest BCUT2D eigenvalue weighted by atomic mass is 79.9. The maximum absolute atomic E-state index is 11.8. The second-order valence-electron chi connectivity index (χ2n) is 4.00. The van der Waals surface area contributed by atoms with Crippen LogP contribution in [-0.4, -0.2) is 9.97 Å². The Balaban J connectivity index is 2.62. The number of nitrogens with zero attached hydrogens (tertiary/aromatic N) is 1. The summed E-state index contributed by atoms with van der Waals surface area (Å²) in [7, 11) is 0. The molecule has 0 saturated carbocycles. The highest BCUT2D eigenvalue weighted by Crippen LogP contribution is 2.31. The molecule has 2 rings (SSSR count). The second kappa shape index (κ2) is 5.30. The number of aromatic amines is 1. The molecule has 0 radical (unpaired) electrons. The summed E-state index contributed by atoms with van der Waals surface area (Å²) in [5, 5.41) is 0. The van der Waals surface area contributed by atoms with Gasteiger partial charge in [0.2, 0.25) is 0 Å². The summed E-state index contributed by atoms with van der Waals surface area (Å²) in [6, 6.07) is 1.75. The molecule has 7 heteroatoms. The summed E-state index contributed by atoms with van der Waals surface area (Å²) in [6.07, 6.45) is 0. The minimum atomic E-state index is -0.215. The predicted octanol–water partition coefficient (Wildman–Crippen LogP) is 4.44. The molecule has 2 aromatic rings. The highest BCUT2D eigenvalue weighted by molar-refractivity contribution is 9.13. The first-order valence-electron chi connectivity index (χ1n) is 5.15. The molecule has 0 saturated heterocycles. The molecule has 0 amide bonds. The Kier molecular flexibility index (Phi) is 4.13. The Bertz CT molecular complexity index is 627. The molecule has 2 aromatic heterocycles. The fraction of sp³-hybridized carbons (Fsp3) is 0.273. The normalized spacial score (nSPS) is 11.2. The average molecular weight is 441 g/mol. The van der Waals surface area contributed by atoms with E-state index in [-0.39, 0.29) is 11.5 Å². The van der Waals surface area contributed by atoms with Crippen molar-refractivity contribution in [3.63, 3.8) is 0 Å². The number of hydrogen-bond donors (Lipinski definition) is 1. The molecule has 0 bridgehead atoms. The Morgan fingerprint density at radius 3 is 2.50 bits per heavy atom. The molecule has 0 aliphatic heterocycles. The van der Waals surface area contributed by atoms with E-state index in [1.165, 1.54) is 0 Å². The van der Waals surface area contributed by atoms with Gasteiger partial charge in [-0.05, 0) is 53.7 Å². The van der Waals surface area contributed by atoms with Crippen LogP contribution in [0.4, 0.5) is 0 Å². The first-order chi connectivity index (χ1) is 8.40. The Labute approximate surface area is 129 Å². The van der Waals surface area contributed by atoms with Crippen LogP contribution in [0.15, 0.2) is 28.9 Å². The Morgan fingerprint density at radius 1 is 1.33 bits per heavy atom. The fourth-order valence-electron chi connectivity index (χ4n) is 1.44. The zero-order valence-corrected chi connectivity index (χ0v) is 14.3. The molecule has 0 spiro atoms. The number of furan rings is 1. The third kappa shape index (κ3) is 2.62. The van der Waals surface area contributed by atoms with Crippen molar-refractivity contribution in [3.8, 4) is 11.6 Å². The zero-order chi connectivity index (χ0) is 13.4. The van der Waals surface area contributed by atoms with Gasteiger partial charge in [0, 0.05) is 6.07 Å². The van der Waals surface area contributed by atoms with Crippen LogP contribution in [0.3, 0.4) is 0 Å². The first kappa shape index (κ1) is 14.0. The van der Waals surface area contributed by atoms with Crippen molar-refractivity contribution in [1.82, 2.24) is 9.97 Å². The van der Waals surface area contributed by atoms with Gasteiger partial charge in [0.1, 0.15) is 4.47 Å². The van der Waals surface area contributed by atoms with Crippen molar-refractivity contribution in [1.29, 1.82) is 0 Å². The summed E-state index contributed by atoms with van der Waals surface area (Å²) in [6.45, 7) is 3.95. The standard InChI is InChI=1S/C11H9Br3N2O2/c1-4(2)8-7(13)11(17)16-10(15-8)6-3-5(12)9(14)18-6/h3-4H,1-2H3,(H,15,16,17). The molecular formula is C11H9Br3N2O2. The van der Waals surface area contributed by atoms with Gasteiger partial charge in [0.05, 0.1) is 10.2 Å². The fourth-order valence-corrected chi connectivity index (χ4v) is 2.66. The summed E-state index contributed by atoms with van der Waals surface area (Å²) < 4.78 is 7.25. The average Bonchev–Trinajstić information content (AvgIpc) is 2.62. The lowest BCUT2D eigenvalue weighted by molar-refractivity contribution is 0.548. The minimum Gasteiger partial charge on any atom is -0.445 e. The van der Waals surface area contributed by atoms with Gasteiger partial charge >= 0.3 is 0 Å². The molecule has 0 fully saturated rings. The van der Waals surface area contributed by atoms with Crippen LogP contribution in [0, 0.1) is 0 Å². The topological polar surface area (TPSA) is 58.9 Å². The molecule has 96 valence electrons. The second-order valence-corrected chi connectivity index (χ2v) is 6.37. The lowest BCUT2D eigenvalue weighted by Crippen LogP contribution is -2.14. The largest absolute Gasteiger partial charge is 0.445 e. The zero-order valence-electron chi connectivity index (χ0n) is 9.55. The number of H-pyrrole nitrogens is 1. The van der Waals surface area contributed by atoms with Crippen LogP contribution in [0.1, 0.15) is 25.5 Å². The van der Waals surface area contributed by atoms with E-state index in [1.807, 2.05) is 13.8 Å². The van der Waals surface area contributed by atoms with Gasteiger partial charge in [-0.2, -0.15) is 0 Å². The van der Waals surface area contributed by atoms with E-state index >= 15 is 0 Å². The van der Waals surface area contributed by atoms with E-state index in [0.717, 1.165) is 4.47 Å². The van der Waals surface area contributed by atoms with E-state index in [2.05, 4.69) is 57.8 Å². The summed E-state index contributed by atoms with van der Waals surface area (Å²) in [5.74, 6) is 1.06. The van der Waals surface area contributed by atoms with Crippen molar-refractivity contribution in [2.45, 2.75) is 19.8 Å². The van der Waals surface area contributed by atoms with Crippen LogP contribution in [0.25, 0.3) is 11.6 Å². The number of hydrogen-bond acceptors (Lipinski definition) is 3. The van der Waals surface area contributed by atoms with Crippen molar-refractivity contribution < 1.29 is 4.42 Å². The molecule has 0 aliphatic rings. The molecule has 0 unspecified atom stereocenters. The maximum atomic E-state index is 11.8. The lowest BCUT2D eigenvalue weighted by atomic mass is 10.1. The number of aromatic nitrogens is 2. The number of nitrogens with one attached hydrogen (secondary N) is 1. The smallest absolute Gasteiger partial charge is 0.265 e. The molecule has 4 nitrogen and oxygen atoms in total. The molecule has 2 heterocycles. The lowest BCUT2D eigenvalue weighted by Gasteiger charge is -2.07. The highest BCUT2D eigenvalue weighted by Gasteiger charge is 2.16. The third-order valence-electron chi connectivity index (χ3n) is 2.31. The summed E-state index contributed by atoms with van der Waals surface area (Å²) in [5.41, 5.74) is 0.490. The quantitative estimate of drug-likeness (QED) is 0.751. The van der Waals surface area contributed by atoms with E-state index in [1.54, 1.807) is 6.07 Å². The SMILES string of the molecule is CC(C)c1nc(-c2cc(Br)c(Br)o2)[nH]c(=O)c1Br. The molecular weight excluding hydrogens is 432 g/mol. The summed E-state index contributed by atoms with van der Waals surface area (Å²) in [4.78, 5) is 18.9. The van der Waals surface area contributed by atoms with Gasteiger partial charge in [-0.1, -0.05) is 13.8 Å². The molecule has 0 aromatic carbocycles. The Hall–Kier alpha value is -0.400. The predicted molar refractivity (Wildman–Crippen MR) is 79.7 cm³/mol. The third-order valence-corrected chi connectivity index (χ3v) is 4.79. The number of halogens is 3. The van der Waals surface area contributed by atoms with Gasteiger partial charge in [0.15, 0.2) is 16.3 Å². The molecule has 0 atom stereocenters. The van der Waals surface area contributed by atoms with Gasteiger partial charge in [0.25, 0.3) is 5.56 Å². The molecule has 1 N–H and O–H groups in total. The van der Waals surface area contributed by atoms with Crippen molar-refractivity contribution in [3.05, 3.63) is 35.7 Å². The van der Waals surface area contributed by atoms with Crippen molar-refractivity contribution in [2.75, 3.05) is 0 Å². The van der Waals surface area contributed by atoms with Crippen molar-refractivity contribution in [2.24, 2.45) is 0 Å². The minimum absolute atomic E-state index is 0.141. The van der Waals surface area contributed by atoms with Crippen LogP contribution in [-0.2, 0) is 0 Å². The van der Waals surface area contributed by atoms with Crippen LogP contribution < -0.4 is 5.56 Å². The van der Waals surface area contributed by atoms with Gasteiger partial charge in [-0.15, -0.1) is 0 Å². The van der Waals surface area contributed by atoms with E-state index in [9.17, 15) is 4.79 Å². The van der Waals surface area contributed by atoms with E-state index in [4.69, 9.17) is 4.42 Å². The van der Waals surface area contributed by atoms with Gasteiger partial charge in [-0.3, -0.25) is 4.79 Å². The van der Waals surface area contributed by atoms with E-state index in [0.29, 0.717) is 26.4 Å². The van der Waals surface area contributed by atoms with Gasteiger partial charge in [-0.25, -0.2) is 4.98 Å². The molecule has 0 aliphatic carbocycles. The van der Waals surface area contributed by atoms with Crippen LogP contribution in [0.2, 0.25) is 0 Å². The van der Waals surface area contributed by atoms with Crippen molar-refractivity contribution >= 4 is 47.8 Å². The van der Waals surface area contributed by atoms with E-state index < -0.39 is 0 Å². The van der Waals surface area contributed by atoms with Crippen LogP contribution in [0.5, 0.6) is 0 Å².